The summed E-state index contributed by atoms with van der Waals surface area (Å²) in [5.41, 5.74) is 4.37. The van der Waals surface area contributed by atoms with E-state index in [4.69, 9.17) is 27.9 Å². The average molecular weight is 466 g/mol. The molecule has 154 valence electrons. The van der Waals surface area contributed by atoms with Crippen LogP contribution in [0.4, 0.5) is 11.5 Å². The van der Waals surface area contributed by atoms with Crippen molar-refractivity contribution in [2.24, 2.45) is 0 Å². The smallest absolute Gasteiger partial charge is 0.345 e. The number of nitrogens with one attached hydrogen (secondary N) is 2. The van der Waals surface area contributed by atoms with E-state index in [9.17, 15) is 14.9 Å². The van der Waals surface area contributed by atoms with Gasteiger partial charge in [-0.3, -0.25) is 25.8 Å². The van der Waals surface area contributed by atoms with Crippen molar-refractivity contribution in [1.82, 2.24) is 15.4 Å². The third kappa shape index (κ3) is 5.72. The number of rotatable bonds is 8. The molecular weight excluding hydrogens is 453 g/mol. The van der Waals surface area contributed by atoms with E-state index in [0.29, 0.717) is 5.02 Å². The van der Waals surface area contributed by atoms with Crippen LogP contribution in [-0.4, -0.2) is 27.4 Å². The molecule has 0 aliphatic rings. The van der Waals surface area contributed by atoms with Crippen molar-refractivity contribution in [3.8, 4) is 5.75 Å². The minimum Gasteiger partial charge on any atom is -0.482 e. The van der Waals surface area contributed by atoms with Crippen LogP contribution in [0.3, 0.4) is 0 Å². The SMILES string of the molecule is O=C(COc1ccc(Cl)cc1Cl)NNc1ncnc(Sc2ccccc2)c1[N+](=O)[O-]. The summed E-state index contributed by atoms with van der Waals surface area (Å²) >= 11 is 12.9. The molecule has 3 rings (SSSR count). The van der Waals surface area contributed by atoms with Crippen molar-refractivity contribution in [2.75, 3.05) is 12.0 Å². The quantitative estimate of drug-likeness (QED) is 0.286. The lowest BCUT2D eigenvalue weighted by molar-refractivity contribution is -0.387. The summed E-state index contributed by atoms with van der Waals surface area (Å²) in [5, 5.41) is 12.4. The van der Waals surface area contributed by atoms with Crippen molar-refractivity contribution < 1.29 is 14.5 Å². The van der Waals surface area contributed by atoms with Gasteiger partial charge in [-0.05, 0) is 30.3 Å². The lowest BCUT2D eigenvalue weighted by Gasteiger charge is -2.11. The molecular formula is C18H13Cl2N5O4S. The lowest BCUT2D eigenvalue weighted by Crippen LogP contribution is -2.34. The van der Waals surface area contributed by atoms with Gasteiger partial charge in [0.25, 0.3) is 5.91 Å². The van der Waals surface area contributed by atoms with E-state index in [1.54, 1.807) is 18.2 Å². The summed E-state index contributed by atoms with van der Waals surface area (Å²) in [5.74, 6) is -0.497. The first-order chi connectivity index (χ1) is 14.4. The number of nitrogens with zero attached hydrogens (tertiary/aromatic N) is 3. The number of halogens is 2. The standard InChI is InChI=1S/C18H13Cl2N5O4S/c19-11-6-7-14(13(20)8-11)29-9-15(26)23-24-17-16(25(27)28)18(22-10-21-17)30-12-4-2-1-3-5-12/h1-8,10H,9H2,(H,23,26)(H,21,22,24). The van der Waals surface area contributed by atoms with Crippen LogP contribution in [0.25, 0.3) is 0 Å². The van der Waals surface area contributed by atoms with Crippen LogP contribution in [0.15, 0.2) is 64.8 Å². The average Bonchev–Trinajstić information content (AvgIpc) is 2.72. The molecule has 1 amide bonds. The number of carbonyl (C=O) groups is 1. The highest BCUT2D eigenvalue weighted by Crippen LogP contribution is 2.36. The molecule has 0 saturated heterocycles. The van der Waals surface area contributed by atoms with Gasteiger partial charge in [-0.1, -0.05) is 53.2 Å². The molecule has 0 spiro atoms. The predicted molar refractivity (Wildman–Crippen MR) is 113 cm³/mol. The van der Waals surface area contributed by atoms with Crippen molar-refractivity contribution in [3.63, 3.8) is 0 Å². The second-order valence-corrected chi connectivity index (χ2v) is 7.49. The van der Waals surface area contributed by atoms with Gasteiger partial charge < -0.3 is 4.74 Å². The molecule has 0 saturated carbocycles. The zero-order valence-corrected chi connectivity index (χ0v) is 17.4. The van der Waals surface area contributed by atoms with Crippen LogP contribution in [0, 0.1) is 10.1 Å². The fourth-order valence-corrected chi connectivity index (χ4v) is 3.54. The number of carbonyl (C=O) groups excluding carboxylic acids is 1. The Balaban J connectivity index is 1.66. The molecule has 0 radical (unpaired) electrons. The zero-order chi connectivity index (χ0) is 21.5. The van der Waals surface area contributed by atoms with E-state index in [0.717, 1.165) is 23.0 Å². The van der Waals surface area contributed by atoms with Crippen molar-refractivity contribution >= 4 is 52.4 Å². The first kappa shape index (κ1) is 21.6. The number of hydrogen-bond acceptors (Lipinski definition) is 8. The van der Waals surface area contributed by atoms with E-state index in [-0.39, 0.29) is 27.3 Å². The first-order valence-corrected chi connectivity index (χ1v) is 9.86. The van der Waals surface area contributed by atoms with Gasteiger partial charge in [0.05, 0.1) is 9.95 Å². The number of benzene rings is 2. The molecule has 0 unspecified atom stereocenters. The molecule has 0 atom stereocenters. The molecule has 9 nitrogen and oxygen atoms in total. The van der Waals surface area contributed by atoms with E-state index in [1.165, 1.54) is 12.1 Å². The third-order valence-electron chi connectivity index (χ3n) is 3.50. The fourth-order valence-electron chi connectivity index (χ4n) is 2.19. The van der Waals surface area contributed by atoms with Gasteiger partial charge >= 0.3 is 5.69 Å². The summed E-state index contributed by atoms with van der Waals surface area (Å²) in [7, 11) is 0. The van der Waals surface area contributed by atoms with Crippen LogP contribution < -0.4 is 15.6 Å². The molecule has 2 N–H and O–H groups in total. The number of nitro groups is 1. The minimum atomic E-state index is -0.621. The summed E-state index contributed by atoms with van der Waals surface area (Å²) in [6.07, 6.45) is 1.16. The van der Waals surface area contributed by atoms with Crippen LogP contribution in [0.2, 0.25) is 10.0 Å². The minimum absolute atomic E-state index is 0.127. The summed E-state index contributed by atoms with van der Waals surface area (Å²) in [6, 6.07) is 13.6. The monoisotopic (exact) mass is 465 g/mol. The largest absolute Gasteiger partial charge is 0.482 e. The lowest BCUT2D eigenvalue weighted by atomic mass is 10.3. The Hall–Kier alpha value is -3.08. The Morgan fingerprint density at radius 3 is 2.63 bits per heavy atom. The molecule has 1 aromatic heterocycles. The molecule has 0 bridgehead atoms. The highest BCUT2D eigenvalue weighted by atomic mass is 35.5. The van der Waals surface area contributed by atoms with Crippen molar-refractivity contribution in [3.05, 3.63) is 75.0 Å². The first-order valence-electron chi connectivity index (χ1n) is 8.29. The molecule has 12 heteroatoms. The second kappa shape index (κ2) is 10.1. The predicted octanol–water partition coefficient (Wildman–Crippen LogP) is 4.36. The highest BCUT2D eigenvalue weighted by molar-refractivity contribution is 7.99. The second-order valence-electron chi connectivity index (χ2n) is 5.58. The van der Waals surface area contributed by atoms with Crippen LogP contribution in [-0.2, 0) is 4.79 Å². The molecule has 0 aliphatic carbocycles. The summed E-state index contributed by atoms with van der Waals surface area (Å²) in [6.45, 7) is -0.390. The Kier molecular flexibility index (Phi) is 7.28. The molecule has 1 heterocycles. The molecule has 30 heavy (non-hydrogen) atoms. The van der Waals surface area contributed by atoms with Crippen LogP contribution in [0.5, 0.6) is 5.75 Å². The zero-order valence-electron chi connectivity index (χ0n) is 15.0. The number of hydrogen-bond donors (Lipinski definition) is 2. The van der Waals surface area contributed by atoms with Crippen molar-refractivity contribution in [1.29, 1.82) is 0 Å². The van der Waals surface area contributed by atoms with Gasteiger partial charge in [0.15, 0.2) is 11.6 Å². The van der Waals surface area contributed by atoms with E-state index in [2.05, 4.69) is 20.8 Å². The maximum atomic E-state index is 12.0. The Bertz CT molecular complexity index is 1070. The van der Waals surface area contributed by atoms with Gasteiger partial charge in [0.1, 0.15) is 12.1 Å². The summed E-state index contributed by atoms with van der Waals surface area (Å²) in [4.78, 5) is 31.6. The summed E-state index contributed by atoms with van der Waals surface area (Å²) < 4.78 is 5.31. The van der Waals surface area contributed by atoms with Gasteiger partial charge in [-0.15, -0.1) is 0 Å². The normalized spacial score (nSPS) is 10.3. The number of aromatic nitrogens is 2. The maximum absolute atomic E-state index is 12.0. The van der Waals surface area contributed by atoms with Gasteiger partial charge in [-0.2, -0.15) is 0 Å². The topological polar surface area (TPSA) is 119 Å². The Morgan fingerprint density at radius 2 is 1.93 bits per heavy atom. The molecule has 0 aliphatic heterocycles. The van der Waals surface area contributed by atoms with Crippen LogP contribution >= 0.6 is 35.0 Å². The molecule has 2 aromatic carbocycles. The van der Waals surface area contributed by atoms with Gasteiger partial charge in [-0.25, -0.2) is 9.97 Å². The van der Waals surface area contributed by atoms with E-state index >= 15 is 0 Å². The Labute approximate surface area is 184 Å². The molecule has 3 aromatic rings. The Morgan fingerprint density at radius 1 is 1.17 bits per heavy atom. The number of anilines is 1. The van der Waals surface area contributed by atoms with E-state index in [1.807, 2.05) is 18.2 Å². The maximum Gasteiger partial charge on any atom is 0.345 e. The van der Waals surface area contributed by atoms with Gasteiger partial charge in [0.2, 0.25) is 5.82 Å². The number of hydrazine groups is 1. The number of amides is 1. The van der Waals surface area contributed by atoms with Gasteiger partial charge in [0, 0.05) is 9.92 Å². The van der Waals surface area contributed by atoms with E-state index < -0.39 is 17.4 Å². The van der Waals surface area contributed by atoms with Crippen LogP contribution in [0.1, 0.15) is 0 Å². The number of ether oxygens (including phenoxy) is 1. The highest BCUT2D eigenvalue weighted by Gasteiger charge is 2.24. The molecule has 0 fully saturated rings. The van der Waals surface area contributed by atoms with Crippen molar-refractivity contribution in [2.45, 2.75) is 9.92 Å². The fraction of sp³-hybridized carbons (Fsp3) is 0.0556. The third-order valence-corrected chi connectivity index (χ3v) is 5.03.